The molecular weight excluding hydrogens is 436 g/mol. The minimum Gasteiger partial charge on any atom is -0.325 e. The first-order valence-corrected chi connectivity index (χ1v) is 12.4. The number of carbonyl (C=O) groups excluding carboxylic acids is 1. The second-order valence-corrected chi connectivity index (χ2v) is 9.67. The molecule has 5 nitrogen and oxygen atoms in total. The molecule has 4 rings (SSSR count). The van der Waals surface area contributed by atoms with Gasteiger partial charge in [0.25, 0.3) is 0 Å². The van der Waals surface area contributed by atoms with Crippen LogP contribution < -0.4 is 5.32 Å². The Labute approximate surface area is 196 Å². The summed E-state index contributed by atoms with van der Waals surface area (Å²) in [5.74, 6) is 1.18. The molecule has 0 aliphatic rings. The lowest BCUT2D eigenvalue weighted by Gasteiger charge is -2.11. The number of thiophene rings is 1. The molecule has 0 atom stereocenters. The molecule has 32 heavy (non-hydrogen) atoms. The molecule has 2 aromatic heterocycles. The number of thioether (sulfide) groups is 1. The lowest BCUT2D eigenvalue weighted by molar-refractivity contribution is -0.113. The van der Waals surface area contributed by atoms with E-state index in [1.165, 1.54) is 22.2 Å². The van der Waals surface area contributed by atoms with Gasteiger partial charge in [-0.15, -0.1) is 21.5 Å². The van der Waals surface area contributed by atoms with Crippen molar-refractivity contribution in [2.24, 2.45) is 0 Å². The van der Waals surface area contributed by atoms with E-state index >= 15 is 0 Å². The molecule has 0 unspecified atom stereocenters. The Balaban J connectivity index is 1.46. The van der Waals surface area contributed by atoms with Crippen LogP contribution in [0.2, 0.25) is 0 Å². The molecule has 164 valence electrons. The molecule has 4 aromatic rings. The first-order valence-electron chi connectivity index (χ1n) is 10.6. The fraction of sp³-hybridized carbons (Fsp3) is 0.240. The van der Waals surface area contributed by atoms with Gasteiger partial charge in [0.15, 0.2) is 5.16 Å². The number of anilines is 1. The van der Waals surface area contributed by atoms with Crippen molar-refractivity contribution >= 4 is 34.7 Å². The monoisotopic (exact) mass is 462 g/mol. The molecule has 0 saturated heterocycles. The van der Waals surface area contributed by atoms with Crippen LogP contribution in [0.3, 0.4) is 0 Å². The van der Waals surface area contributed by atoms with Crippen molar-refractivity contribution in [3.63, 3.8) is 0 Å². The minimum absolute atomic E-state index is 0.0406. The van der Waals surface area contributed by atoms with Crippen molar-refractivity contribution in [2.45, 2.75) is 38.4 Å². The zero-order valence-corrected chi connectivity index (χ0v) is 19.9. The van der Waals surface area contributed by atoms with E-state index in [0.717, 1.165) is 47.2 Å². The van der Waals surface area contributed by atoms with Crippen LogP contribution in [-0.4, -0.2) is 26.4 Å². The van der Waals surface area contributed by atoms with Crippen LogP contribution in [0.15, 0.2) is 71.2 Å². The summed E-state index contributed by atoms with van der Waals surface area (Å²) in [7, 11) is 0. The quantitative estimate of drug-likeness (QED) is 0.333. The number of nitrogens with one attached hydrogen (secondary N) is 1. The van der Waals surface area contributed by atoms with Gasteiger partial charge in [-0.2, -0.15) is 0 Å². The normalized spacial score (nSPS) is 10.9. The summed E-state index contributed by atoms with van der Waals surface area (Å²) >= 11 is 3.15. The van der Waals surface area contributed by atoms with Crippen molar-refractivity contribution in [1.82, 2.24) is 14.8 Å². The van der Waals surface area contributed by atoms with E-state index in [1.807, 2.05) is 38.1 Å². The van der Waals surface area contributed by atoms with Gasteiger partial charge in [0, 0.05) is 23.5 Å². The molecule has 0 aliphatic heterocycles. The van der Waals surface area contributed by atoms with Crippen LogP contribution in [0, 0.1) is 13.8 Å². The third-order valence-electron chi connectivity index (χ3n) is 5.17. The fourth-order valence-corrected chi connectivity index (χ4v) is 4.91. The van der Waals surface area contributed by atoms with Crippen molar-refractivity contribution in [3.05, 3.63) is 93.4 Å². The van der Waals surface area contributed by atoms with E-state index in [-0.39, 0.29) is 11.7 Å². The van der Waals surface area contributed by atoms with E-state index < -0.39 is 0 Å². The molecular formula is C25H26N4OS2. The van der Waals surface area contributed by atoms with Gasteiger partial charge in [-0.3, -0.25) is 4.79 Å². The number of benzene rings is 2. The number of hydrogen-bond donors (Lipinski definition) is 1. The Bertz CT molecular complexity index is 1170. The van der Waals surface area contributed by atoms with Crippen LogP contribution in [0.1, 0.15) is 27.4 Å². The van der Waals surface area contributed by atoms with Gasteiger partial charge >= 0.3 is 0 Å². The molecule has 2 heterocycles. The zero-order chi connectivity index (χ0) is 22.3. The molecule has 0 fully saturated rings. The van der Waals surface area contributed by atoms with Crippen molar-refractivity contribution in [3.8, 4) is 0 Å². The van der Waals surface area contributed by atoms with Crippen molar-refractivity contribution in [1.29, 1.82) is 0 Å². The van der Waals surface area contributed by atoms with Gasteiger partial charge in [-0.25, -0.2) is 0 Å². The second kappa shape index (κ2) is 10.6. The summed E-state index contributed by atoms with van der Waals surface area (Å²) in [5, 5.41) is 14.8. The highest BCUT2D eigenvalue weighted by Gasteiger charge is 2.16. The maximum atomic E-state index is 12.6. The largest absolute Gasteiger partial charge is 0.325 e. The van der Waals surface area contributed by atoms with E-state index in [0.29, 0.717) is 0 Å². The van der Waals surface area contributed by atoms with Crippen LogP contribution in [0.4, 0.5) is 5.69 Å². The molecule has 0 aliphatic carbocycles. The van der Waals surface area contributed by atoms with E-state index in [4.69, 9.17) is 0 Å². The van der Waals surface area contributed by atoms with Crippen molar-refractivity contribution in [2.75, 3.05) is 11.1 Å². The standard InChI is InChI=1S/C25H26N4OS2/c1-18-10-11-19(2)22(15-18)26-24(30)17-32-25-28-27-23(16-21-9-6-14-31-21)29(25)13-12-20-7-4-3-5-8-20/h3-11,14-15H,12-13,16-17H2,1-2H3,(H,26,30). The molecule has 1 amide bonds. The number of carbonyl (C=O) groups is 1. The Morgan fingerprint density at radius 1 is 1.06 bits per heavy atom. The number of aromatic nitrogens is 3. The minimum atomic E-state index is -0.0406. The van der Waals surface area contributed by atoms with Crippen LogP contribution >= 0.6 is 23.1 Å². The highest BCUT2D eigenvalue weighted by atomic mass is 32.2. The van der Waals surface area contributed by atoms with E-state index in [2.05, 4.69) is 61.9 Å². The average molecular weight is 463 g/mol. The third-order valence-corrected chi connectivity index (χ3v) is 7.02. The number of rotatable bonds is 9. The predicted octanol–water partition coefficient (Wildman–Crippen LogP) is 5.52. The smallest absolute Gasteiger partial charge is 0.234 e. The van der Waals surface area contributed by atoms with Crippen LogP contribution in [0.25, 0.3) is 0 Å². The summed E-state index contributed by atoms with van der Waals surface area (Å²) in [5.41, 5.74) is 4.31. The van der Waals surface area contributed by atoms with Gasteiger partial charge < -0.3 is 9.88 Å². The maximum absolute atomic E-state index is 12.6. The summed E-state index contributed by atoms with van der Waals surface area (Å²) in [6.07, 6.45) is 1.63. The number of aryl methyl sites for hydroxylation is 3. The Kier molecular flexibility index (Phi) is 7.39. The average Bonchev–Trinajstić information content (AvgIpc) is 3.44. The Morgan fingerprint density at radius 3 is 2.69 bits per heavy atom. The highest BCUT2D eigenvalue weighted by molar-refractivity contribution is 7.99. The molecule has 0 bridgehead atoms. The van der Waals surface area contributed by atoms with Gasteiger partial charge in [0.05, 0.1) is 5.75 Å². The van der Waals surface area contributed by atoms with Gasteiger partial charge in [0.1, 0.15) is 5.82 Å². The summed E-state index contributed by atoms with van der Waals surface area (Å²) in [4.78, 5) is 13.9. The van der Waals surface area contributed by atoms with Gasteiger partial charge in [0.2, 0.25) is 5.91 Å². The second-order valence-electron chi connectivity index (χ2n) is 7.70. The predicted molar refractivity (Wildman–Crippen MR) is 133 cm³/mol. The van der Waals surface area contributed by atoms with Crippen LogP contribution in [0.5, 0.6) is 0 Å². The topological polar surface area (TPSA) is 59.8 Å². The van der Waals surface area contributed by atoms with Gasteiger partial charge in [-0.1, -0.05) is 60.3 Å². The maximum Gasteiger partial charge on any atom is 0.234 e. The Hall–Kier alpha value is -2.90. The molecule has 7 heteroatoms. The Morgan fingerprint density at radius 2 is 1.91 bits per heavy atom. The fourth-order valence-electron chi connectivity index (χ4n) is 3.42. The van der Waals surface area contributed by atoms with Crippen molar-refractivity contribution < 1.29 is 4.79 Å². The first kappa shape index (κ1) is 22.3. The molecule has 0 radical (unpaired) electrons. The van der Waals surface area contributed by atoms with Crippen LogP contribution in [-0.2, 0) is 24.2 Å². The summed E-state index contributed by atoms with van der Waals surface area (Å²) < 4.78 is 2.16. The molecule has 2 aromatic carbocycles. The zero-order valence-electron chi connectivity index (χ0n) is 18.2. The van der Waals surface area contributed by atoms with Gasteiger partial charge in [-0.05, 0) is 54.5 Å². The summed E-state index contributed by atoms with van der Waals surface area (Å²) in [6.45, 7) is 4.80. The summed E-state index contributed by atoms with van der Waals surface area (Å²) in [6, 6.07) is 20.6. The molecule has 0 spiro atoms. The lowest BCUT2D eigenvalue weighted by Crippen LogP contribution is -2.16. The third kappa shape index (κ3) is 5.87. The van der Waals surface area contributed by atoms with E-state index in [1.54, 1.807) is 11.3 Å². The highest BCUT2D eigenvalue weighted by Crippen LogP contribution is 2.22. The number of amides is 1. The SMILES string of the molecule is Cc1ccc(C)c(NC(=O)CSc2nnc(Cc3cccs3)n2CCc2ccccc2)c1. The lowest BCUT2D eigenvalue weighted by atomic mass is 10.1. The molecule has 0 saturated carbocycles. The van der Waals surface area contributed by atoms with E-state index in [9.17, 15) is 4.79 Å². The number of nitrogens with zero attached hydrogens (tertiary/aromatic N) is 3. The first-order chi connectivity index (χ1) is 15.6. The number of hydrogen-bond acceptors (Lipinski definition) is 5. The molecule has 1 N–H and O–H groups in total.